The molecule has 108 valence electrons. The highest BCUT2D eigenvalue weighted by Gasteiger charge is 2.13. The first kappa shape index (κ1) is 15.0. The van der Waals surface area contributed by atoms with Crippen molar-refractivity contribution in [1.82, 2.24) is 0 Å². The van der Waals surface area contributed by atoms with Gasteiger partial charge < -0.3 is 4.74 Å². The van der Waals surface area contributed by atoms with Gasteiger partial charge in [0.15, 0.2) is 0 Å². The third kappa shape index (κ3) is 5.27. The molecule has 0 radical (unpaired) electrons. The predicted octanol–water partition coefficient (Wildman–Crippen LogP) is 3.96. The van der Waals surface area contributed by atoms with Crippen LogP contribution in [0.3, 0.4) is 0 Å². The van der Waals surface area contributed by atoms with Crippen LogP contribution in [0.4, 0.5) is 0 Å². The van der Waals surface area contributed by atoms with Gasteiger partial charge in [0.25, 0.3) is 0 Å². The first-order chi connectivity index (χ1) is 10.3. The van der Waals surface area contributed by atoms with Gasteiger partial charge in [0.1, 0.15) is 6.10 Å². The van der Waals surface area contributed by atoms with Gasteiger partial charge in [-0.15, -0.1) is 0 Å². The van der Waals surface area contributed by atoms with Gasteiger partial charge in [-0.25, -0.2) is 4.79 Å². The summed E-state index contributed by atoms with van der Waals surface area (Å²) in [5.74, 6) is -0.357. The fourth-order valence-electron chi connectivity index (χ4n) is 2.26. The molecule has 0 fully saturated rings. The molecule has 2 aromatic rings. The molecule has 0 bridgehead atoms. The highest BCUT2D eigenvalue weighted by atomic mass is 16.5. The van der Waals surface area contributed by atoms with E-state index in [9.17, 15) is 4.79 Å². The zero-order valence-corrected chi connectivity index (χ0v) is 12.1. The average Bonchev–Trinajstić information content (AvgIpc) is 2.54. The van der Waals surface area contributed by atoms with E-state index in [1.165, 1.54) is 17.2 Å². The molecular formula is C19H20O2. The summed E-state index contributed by atoms with van der Waals surface area (Å²) in [5.41, 5.74) is 2.43. The Kier molecular flexibility index (Phi) is 5.77. The summed E-state index contributed by atoms with van der Waals surface area (Å²) in [6, 6.07) is 20.3. The minimum absolute atomic E-state index is 0.127. The maximum atomic E-state index is 11.5. The van der Waals surface area contributed by atoms with Gasteiger partial charge in [0, 0.05) is 12.5 Å². The van der Waals surface area contributed by atoms with Crippen molar-refractivity contribution in [3.63, 3.8) is 0 Å². The van der Waals surface area contributed by atoms with Crippen LogP contribution in [0.15, 0.2) is 73.3 Å². The van der Waals surface area contributed by atoms with Crippen LogP contribution in [-0.2, 0) is 22.4 Å². The van der Waals surface area contributed by atoms with Crippen molar-refractivity contribution in [1.29, 1.82) is 0 Å². The molecule has 0 amide bonds. The SMILES string of the molecule is C=CC(=O)OC(CCc1ccccc1)Cc1ccccc1. The van der Waals surface area contributed by atoms with Crippen molar-refractivity contribution in [2.45, 2.75) is 25.4 Å². The van der Waals surface area contributed by atoms with Crippen LogP contribution >= 0.6 is 0 Å². The number of aryl methyl sites for hydroxylation is 1. The molecule has 0 aromatic heterocycles. The first-order valence-electron chi connectivity index (χ1n) is 7.19. The van der Waals surface area contributed by atoms with Crippen molar-refractivity contribution in [2.24, 2.45) is 0 Å². The molecular weight excluding hydrogens is 260 g/mol. The lowest BCUT2D eigenvalue weighted by atomic mass is 10.0. The Morgan fingerprint density at radius 1 is 1.00 bits per heavy atom. The molecule has 0 aliphatic heterocycles. The van der Waals surface area contributed by atoms with Gasteiger partial charge in [-0.3, -0.25) is 0 Å². The lowest BCUT2D eigenvalue weighted by Crippen LogP contribution is -2.20. The topological polar surface area (TPSA) is 26.3 Å². The van der Waals surface area contributed by atoms with Crippen molar-refractivity contribution in [2.75, 3.05) is 0 Å². The quantitative estimate of drug-likeness (QED) is 0.567. The third-order valence-electron chi connectivity index (χ3n) is 3.35. The normalized spacial score (nSPS) is 11.6. The van der Waals surface area contributed by atoms with Crippen LogP contribution in [0.5, 0.6) is 0 Å². The number of benzene rings is 2. The highest BCUT2D eigenvalue weighted by Crippen LogP contribution is 2.13. The summed E-state index contributed by atoms with van der Waals surface area (Å²) < 4.78 is 5.47. The van der Waals surface area contributed by atoms with Crippen LogP contribution in [0.1, 0.15) is 17.5 Å². The van der Waals surface area contributed by atoms with Crippen LogP contribution in [0.2, 0.25) is 0 Å². The van der Waals surface area contributed by atoms with Crippen molar-refractivity contribution < 1.29 is 9.53 Å². The summed E-state index contributed by atoms with van der Waals surface area (Å²) in [7, 11) is 0. The standard InChI is InChI=1S/C19H20O2/c1-2-19(20)21-18(15-17-11-7-4-8-12-17)14-13-16-9-5-3-6-10-16/h2-12,18H,1,13-15H2. The summed E-state index contributed by atoms with van der Waals surface area (Å²) in [4.78, 5) is 11.5. The molecule has 0 N–H and O–H groups in total. The second-order valence-electron chi connectivity index (χ2n) is 4.98. The molecule has 2 rings (SSSR count). The average molecular weight is 280 g/mol. The van der Waals surface area contributed by atoms with E-state index in [4.69, 9.17) is 4.74 Å². The predicted molar refractivity (Wildman–Crippen MR) is 85.0 cm³/mol. The number of rotatable bonds is 7. The second kappa shape index (κ2) is 8.05. The highest BCUT2D eigenvalue weighted by molar-refractivity contribution is 5.81. The summed E-state index contributed by atoms with van der Waals surface area (Å²) in [5, 5.41) is 0. The van der Waals surface area contributed by atoms with Crippen LogP contribution in [0.25, 0.3) is 0 Å². The molecule has 0 saturated carbocycles. The molecule has 0 saturated heterocycles. The van der Waals surface area contributed by atoms with Gasteiger partial charge >= 0.3 is 5.97 Å². The minimum Gasteiger partial charge on any atom is -0.459 e. The fourth-order valence-corrected chi connectivity index (χ4v) is 2.26. The number of hydrogen-bond acceptors (Lipinski definition) is 2. The van der Waals surface area contributed by atoms with Gasteiger partial charge in [-0.1, -0.05) is 67.2 Å². The monoisotopic (exact) mass is 280 g/mol. The van der Waals surface area contributed by atoms with Crippen molar-refractivity contribution in [3.05, 3.63) is 84.4 Å². The van der Waals surface area contributed by atoms with E-state index in [0.717, 1.165) is 19.3 Å². The zero-order chi connectivity index (χ0) is 14.9. The largest absolute Gasteiger partial charge is 0.459 e. The first-order valence-corrected chi connectivity index (χ1v) is 7.19. The van der Waals surface area contributed by atoms with E-state index in [0.29, 0.717) is 0 Å². The lowest BCUT2D eigenvalue weighted by molar-refractivity contribution is -0.143. The Balaban J connectivity index is 1.98. The smallest absolute Gasteiger partial charge is 0.330 e. The molecule has 1 atom stereocenters. The molecule has 1 unspecified atom stereocenters. The fraction of sp³-hybridized carbons (Fsp3) is 0.211. The lowest BCUT2D eigenvalue weighted by Gasteiger charge is -2.17. The Morgan fingerprint density at radius 3 is 2.14 bits per heavy atom. The summed E-state index contributed by atoms with van der Waals surface area (Å²) in [6.45, 7) is 3.46. The Bertz CT molecular complexity index is 561. The third-order valence-corrected chi connectivity index (χ3v) is 3.35. The molecule has 2 heteroatoms. The number of ether oxygens (including phenoxy) is 1. The maximum absolute atomic E-state index is 11.5. The molecule has 0 heterocycles. The Morgan fingerprint density at radius 2 is 1.57 bits per heavy atom. The van der Waals surface area contributed by atoms with E-state index in [2.05, 4.69) is 30.8 Å². The number of hydrogen-bond donors (Lipinski definition) is 0. The van der Waals surface area contributed by atoms with Gasteiger partial charge in [-0.05, 0) is 24.0 Å². The minimum atomic E-state index is -0.357. The van der Waals surface area contributed by atoms with Gasteiger partial charge in [0.2, 0.25) is 0 Å². The molecule has 2 nitrogen and oxygen atoms in total. The maximum Gasteiger partial charge on any atom is 0.330 e. The van der Waals surface area contributed by atoms with Gasteiger partial charge in [-0.2, -0.15) is 0 Å². The number of carbonyl (C=O) groups is 1. The number of esters is 1. The van der Waals surface area contributed by atoms with E-state index in [-0.39, 0.29) is 12.1 Å². The Hall–Kier alpha value is -2.35. The zero-order valence-electron chi connectivity index (χ0n) is 12.1. The van der Waals surface area contributed by atoms with Crippen LogP contribution < -0.4 is 0 Å². The van der Waals surface area contributed by atoms with Crippen LogP contribution in [0, 0.1) is 0 Å². The summed E-state index contributed by atoms with van der Waals surface area (Å²) >= 11 is 0. The van der Waals surface area contributed by atoms with E-state index >= 15 is 0 Å². The summed E-state index contributed by atoms with van der Waals surface area (Å²) in [6.07, 6.45) is 3.52. The molecule has 2 aromatic carbocycles. The van der Waals surface area contributed by atoms with Crippen molar-refractivity contribution >= 4 is 5.97 Å². The Labute approximate surface area is 126 Å². The van der Waals surface area contributed by atoms with Gasteiger partial charge in [0.05, 0.1) is 0 Å². The molecule has 0 aliphatic carbocycles. The molecule has 0 spiro atoms. The molecule has 21 heavy (non-hydrogen) atoms. The second-order valence-corrected chi connectivity index (χ2v) is 4.98. The van der Waals surface area contributed by atoms with E-state index in [1.807, 2.05) is 36.4 Å². The molecule has 0 aliphatic rings. The number of carbonyl (C=O) groups excluding carboxylic acids is 1. The van der Waals surface area contributed by atoms with Crippen LogP contribution in [-0.4, -0.2) is 12.1 Å². The van der Waals surface area contributed by atoms with E-state index < -0.39 is 0 Å². The van der Waals surface area contributed by atoms with E-state index in [1.54, 1.807) is 0 Å². The van der Waals surface area contributed by atoms with Crippen molar-refractivity contribution in [3.8, 4) is 0 Å².